The van der Waals surface area contributed by atoms with Crippen LogP contribution in [0.4, 0.5) is 0 Å². The number of nitrogens with one attached hydrogen (secondary N) is 2. The molecule has 0 spiro atoms. The lowest BCUT2D eigenvalue weighted by atomic mass is 9.90. The summed E-state index contributed by atoms with van der Waals surface area (Å²) < 4.78 is 0. The first-order valence-electron chi connectivity index (χ1n) is 9.96. The number of hydrogen-bond donors (Lipinski definition) is 3. The summed E-state index contributed by atoms with van der Waals surface area (Å²) in [5.41, 5.74) is 2.36. The van der Waals surface area contributed by atoms with Gasteiger partial charge in [0, 0.05) is 6.04 Å². The molecular weight excluding hydrogens is 376 g/mol. The molecule has 5 nitrogen and oxygen atoms in total. The molecule has 2 atom stereocenters. The topological polar surface area (TPSA) is 78.4 Å². The Balaban J connectivity index is 1.93. The van der Waals surface area contributed by atoms with Gasteiger partial charge in [0.1, 0.15) is 6.04 Å². The van der Waals surface area contributed by atoms with Crippen LogP contribution in [0.25, 0.3) is 0 Å². The lowest BCUT2D eigenvalue weighted by Crippen LogP contribution is -2.45. The minimum atomic E-state index is -0.873. The molecule has 0 heterocycles. The zero-order valence-corrected chi connectivity index (χ0v) is 16.9. The van der Waals surface area contributed by atoms with Crippen molar-refractivity contribution in [3.8, 4) is 0 Å². The van der Waals surface area contributed by atoms with E-state index in [0.717, 1.165) is 11.1 Å². The van der Waals surface area contributed by atoms with Crippen molar-refractivity contribution < 1.29 is 14.7 Å². The average molecular weight is 402 g/mol. The third kappa shape index (κ3) is 5.33. The number of aliphatic hydroxyl groups excluding tert-OH is 1. The van der Waals surface area contributed by atoms with Gasteiger partial charge in [-0.2, -0.15) is 0 Å². The molecule has 0 aliphatic heterocycles. The van der Waals surface area contributed by atoms with Crippen molar-refractivity contribution in [1.82, 2.24) is 10.6 Å². The molecule has 3 rings (SSSR count). The maximum atomic E-state index is 13.4. The molecule has 0 bridgehead atoms. The van der Waals surface area contributed by atoms with Crippen LogP contribution in [0.2, 0.25) is 0 Å². The largest absolute Gasteiger partial charge is 0.394 e. The van der Waals surface area contributed by atoms with Crippen LogP contribution in [0.1, 0.15) is 35.6 Å². The summed E-state index contributed by atoms with van der Waals surface area (Å²) in [6.45, 7) is 1.52. The van der Waals surface area contributed by atoms with Crippen molar-refractivity contribution in [2.45, 2.75) is 24.9 Å². The summed E-state index contributed by atoms with van der Waals surface area (Å²) in [6, 6.07) is 26.8. The maximum Gasteiger partial charge on any atom is 0.247 e. The van der Waals surface area contributed by atoms with Crippen LogP contribution in [-0.4, -0.2) is 29.6 Å². The number of hydrogen-bond acceptors (Lipinski definition) is 3. The molecule has 0 unspecified atom stereocenters. The van der Waals surface area contributed by atoms with Gasteiger partial charge in [-0.25, -0.2) is 0 Å². The molecule has 30 heavy (non-hydrogen) atoms. The second-order valence-corrected chi connectivity index (χ2v) is 7.20. The summed E-state index contributed by atoms with van der Waals surface area (Å²) in [5.74, 6) is -1.19. The predicted octanol–water partition coefficient (Wildman–Crippen LogP) is 3.17. The Bertz CT molecular complexity index is 906. The minimum Gasteiger partial charge on any atom is -0.394 e. The smallest absolute Gasteiger partial charge is 0.247 e. The second kappa shape index (κ2) is 10.4. The van der Waals surface area contributed by atoms with Crippen LogP contribution in [-0.2, 0) is 9.59 Å². The first kappa shape index (κ1) is 21.3. The number of rotatable bonds is 8. The fraction of sp³-hybridized carbons (Fsp3) is 0.200. The van der Waals surface area contributed by atoms with Crippen molar-refractivity contribution in [3.63, 3.8) is 0 Å². The van der Waals surface area contributed by atoms with Crippen molar-refractivity contribution in [1.29, 1.82) is 0 Å². The molecule has 2 amide bonds. The van der Waals surface area contributed by atoms with E-state index in [1.165, 1.54) is 0 Å². The van der Waals surface area contributed by atoms with E-state index in [4.69, 9.17) is 0 Å². The van der Waals surface area contributed by atoms with Gasteiger partial charge in [0.05, 0.1) is 12.5 Å². The highest BCUT2D eigenvalue weighted by molar-refractivity contribution is 5.93. The van der Waals surface area contributed by atoms with Gasteiger partial charge in [-0.3, -0.25) is 9.59 Å². The maximum absolute atomic E-state index is 13.4. The van der Waals surface area contributed by atoms with Gasteiger partial charge < -0.3 is 15.7 Å². The third-order valence-corrected chi connectivity index (χ3v) is 4.87. The van der Waals surface area contributed by atoms with E-state index in [0.29, 0.717) is 5.56 Å². The Kier molecular flexibility index (Phi) is 7.35. The van der Waals surface area contributed by atoms with Crippen molar-refractivity contribution in [3.05, 3.63) is 108 Å². The van der Waals surface area contributed by atoms with Crippen LogP contribution in [0.5, 0.6) is 0 Å². The molecule has 0 saturated heterocycles. The van der Waals surface area contributed by atoms with Crippen LogP contribution in [0.3, 0.4) is 0 Å². The highest BCUT2D eigenvalue weighted by atomic mass is 16.3. The molecular formula is C25H26N2O3. The summed E-state index contributed by atoms with van der Waals surface area (Å²) in [4.78, 5) is 26.4. The van der Waals surface area contributed by atoms with E-state index in [-0.39, 0.29) is 18.4 Å². The van der Waals surface area contributed by atoms with E-state index >= 15 is 0 Å². The van der Waals surface area contributed by atoms with Gasteiger partial charge in [-0.1, -0.05) is 91.0 Å². The average Bonchev–Trinajstić information content (AvgIpc) is 2.79. The van der Waals surface area contributed by atoms with E-state index in [9.17, 15) is 14.7 Å². The molecule has 5 heteroatoms. The van der Waals surface area contributed by atoms with Crippen molar-refractivity contribution >= 4 is 11.8 Å². The first-order chi connectivity index (χ1) is 14.6. The lowest BCUT2D eigenvalue weighted by molar-refractivity contribution is -0.130. The number of amides is 2. The Labute approximate surface area is 176 Å². The molecule has 0 radical (unpaired) electrons. The molecule has 0 saturated carbocycles. The van der Waals surface area contributed by atoms with E-state index < -0.39 is 18.0 Å². The number of aliphatic hydroxyl groups is 1. The van der Waals surface area contributed by atoms with Gasteiger partial charge >= 0.3 is 0 Å². The molecule has 0 aliphatic carbocycles. The number of carbonyl (C=O) groups excluding carboxylic acids is 2. The Hall–Kier alpha value is -3.44. The quantitative estimate of drug-likeness (QED) is 0.542. The first-order valence-corrected chi connectivity index (χ1v) is 9.96. The molecule has 0 aromatic heterocycles. The van der Waals surface area contributed by atoms with Crippen LogP contribution in [0, 0.1) is 0 Å². The number of benzene rings is 3. The number of carbonyl (C=O) groups is 2. The van der Waals surface area contributed by atoms with Crippen LogP contribution >= 0.6 is 0 Å². The Morgan fingerprint density at radius 3 is 1.57 bits per heavy atom. The van der Waals surface area contributed by atoms with Gasteiger partial charge in [-0.15, -0.1) is 0 Å². The zero-order chi connectivity index (χ0) is 21.3. The summed E-state index contributed by atoms with van der Waals surface area (Å²) >= 11 is 0. The van der Waals surface area contributed by atoms with E-state index in [1.807, 2.05) is 78.9 Å². The fourth-order valence-electron chi connectivity index (χ4n) is 3.33. The second-order valence-electron chi connectivity index (χ2n) is 7.20. The highest BCUT2D eigenvalue weighted by Crippen LogP contribution is 2.26. The third-order valence-electron chi connectivity index (χ3n) is 4.87. The molecule has 154 valence electrons. The SMILES string of the molecule is C[C@@H](CO)NC(=O)[C@@H](NC(=O)C(c1ccccc1)c1ccccc1)c1ccccc1. The monoisotopic (exact) mass is 402 g/mol. The summed E-state index contributed by atoms with van der Waals surface area (Å²) in [6.07, 6.45) is 0. The molecule has 3 N–H and O–H groups in total. The molecule has 0 aliphatic rings. The standard InChI is InChI=1S/C25H26N2O3/c1-18(17-28)26-25(30)23(21-15-9-4-10-16-21)27-24(29)22(19-11-5-2-6-12-19)20-13-7-3-8-14-20/h2-16,18,22-23,28H,17H2,1H3,(H,26,30)(H,27,29)/t18-,23-/m0/s1. The van der Waals surface area contributed by atoms with Gasteiger partial charge in [0.25, 0.3) is 0 Å². The summed E-state index contributed by atoms with van der Waals surface area (Å²) in [5, 5.41) is 15.0. The van der Waals surface area contributed by atoms with Gasteiger partial charge in [0.15, 0.2) is 0 Å². The van der Waals surface area contributed by atoms with E-state index in [2.05, 4.69) is 10.6 Å². The van der Waals surface area contributed by atoms with E-state index in [1.54, 1.807) is 19.1 Å². The van der Waals surface area contributed by atoms with Gasteiger partial charge in [0.2, 0.25) is 11.8 Å². The predicted molar refractivity (Wildman–Crippen MR) is 117 cm³/mol. The van der Waals surface area contributed by atoms with Crippen LogP contribution in [0.15, 0.2) is 91.0 Å². The van der Waals surface area contributed by atoms with Gasteiger partial charge in [-0.05, 0) is 23.6 Å². The normalized spacial score (nSPS) is 12.8. The Morgan fingerprint density at radius 2 is 1.13 bits per heavy atom. The van der Waals surface area contributed by atoms with Crippen LogP contribution < -0.4 is 10.6 Å². The molecule has 3 aromatic carbocycles. The lowest BCUT2D eigenvalue weighted by Gasteiger charge is -2.24. The van der Waals surface area contributed by atoms with Crippen molar-refractivity contribution in [2.75, 3.05) is 6.61 Å². The minimum absolute atomic E-state index is 0.183. The summed E-state index contributed by atoms with van der Waals surface area (Å²) in [7, 11) is 0. The highest BCUT2D eigenvalue weighted by Gasteiger charge is 2.29. The molecule has 3 aromatic rings. The molecule has 0 fully saturated rings. The fourth-order valence-corrected chi connectivity index (χ4v) is 3.33. The van der Waals surface area contributed by atoms with Crippen molar-refractivity contribution in [2.24, 2.45) is 0 Å². The zero-order valence-electron chi connectivity index (χ0n) is 16.9. The Morgan fingerprint density at radius 1 is 0.700 bits per heavy atom.